The van der Waals surface area contributed by atoms with E-state index in [1.807, 2.05) is 13.8 Å². The van der Waals surface area contributed by atoms with Gasteiger partial charge in [0.15, 0.2) is 0 Å². The summed E-state index contributed by atoms with van der Waals surface area (Å²) in [6.07, 6.45) is 17.6. The zero-order chi connectivity index (χ0) is 28.1. The van der Waals surface area contributed by atoms with Crippen LogP contribution in [-0.2, 0) is 18.3 Å². The molecule has 0 spiro atoms. The second-order valence-electron chi connectivity index (χ2n) is 13.1. The summed E-state index contributed by atoms with van der Waals surface area (Å²) >= 11 is 0. The predicted molar refractivity (Wildman–Crippen MR) is 152 cm³/mol. The lowest BCUT2D eigenvalue weighted by Crippen LogP contribution is -2.48. The molecule has 0 aromatic carbocycles. The number of piperidine rings is 1. The summed E-state index contributed by atoms with van der Waals surface area (Å²) in [5, 5.41) is 14.1. The number of hydrogen-bond donors (Lipinski definition) is 0. The van der Waals surface area contributed by atoms with Gasteiger partial charge in [0.1, 0.15) is 5.72 Å². The Kier molecular flexibility index (Phi) is 14.7. The van der Waals surface area contributed by atoms with Gasteiger partial charge in [0.05, 0.1) is 46.5 Å². The summed E-state index contributed by atoms with van der Waals surface area (Å²) in [5.41, 5.74) is -1.02. The third-order valence-corrected chi connectivity index (χ3v) is 9.44. The average Bonchev–Trinajstić information content (AvgIpc) is 3.08. The maximum absolute atomic E-state index is 12.9. The van der Waals surface area contributed by atoms with Crippen molar-refractivity contribution in [1.82, 2.24) is 5.06 Å². The first-order chi connectivity index (χ1) is 17.9. The largest absolute Gasteiger partial charge is 0.783 e. The van der Waals surface area contributed by atoms with Gasteiger partial charge in [-0.05, 0) is 46.0 Å². The summed E-state index contributed by atoms with van der Waals surface area (Å²) in [6, 6.07) is 0. The van der Waals surface area contributed by atoms with E-state index in [9.17, 15) is 14.7 Å². The van der Waals surface area contributed by atoms with Crippen LogP contribution in [-0.4, -0.2) is 67.3 Å². The highest BCUT2D eigenvalue weighted by atomic mass is 31.2. The molecule has 0 aliphatic carbocycles. The number of likely N-dealkylation sites (tertiary alicyclic amines) is 1. The summed E-state index contributed by atoms with van der Waals surface area (Å²) in [7, 11) is 0.126. The van der Waals surface area contributed by atoms with Gasteiger partial charge in [0.25, 0.3) is 7.82 Å². The number of hydrogen-bond acceptors (Lipinski definition) is 7. The van der Waals surface area contributed by atoms with Gasteiger partial charge in [0.2, 0.25) is 0 Å². The van der Waals surface area contributed by atoms with Crippen molar-refractivity contribution in [2.75, 3.05) is 40.4 Å². The molecule has 2 atom stereocenters. The molecule has 0 saturated carbocycles. The van der Waals surface area contributed by atoms with Crippen molar-refractivity contribution in [2.45, 2.75) is 147 Å². The van der Waals surface area contributed by atoms with Gasteiger partial charge in [-0.25, -0.2) is 0 Å². The lowest BCUT2D eigenvalue weighted by atomic mass is 9.95. The molecule has 9 heteroatoms. The van der Waals surface area contributed by atoms with E-state index >= 15 is 0 Å². The van der Waals surface area contributed by atoms with E-state index in [1.165, 1.54) is 43.6 Å². The predicted octanol–water partition coefficient (Wildman–Crippen LogP) is 6.90. The van der Waals surface area contributed by atoms with Crippen LogP contribution in [0.5, 0.6) is 0 Å². The van der Waals surface area contributed by atoms with Gasteiger partial charge in [0, 0.05) is 18.4 Å². The molecule has 2 rings (SSSR count). The third kappa shape index (κ3) is 12.2. The van der Waals surface area contributed by atoms with Crippen LogP contribution < -0.4 is 4.89 Å². The van der Waals surface area contributed by atoms with Crippen molar-refractivity contribution in [3.05, 3.63) is 5.21 Å². The van der Waals surface area contributed by atoms with E-state index in [-0.39, 0.29) is 12.7 Å². The van der Waals surface area contributed by atoms with Crippen LogP contribution in [0, 0.1) is 5.21 Å². The molecule has 2 unspecified atom stereocenters. The summed E-state index contributed by atoms with van der Waals surface area (Å²) < 4.78 is 29.5. The van der Waals surface area contributed by atoms with Gasteiger partial charge in [-0.2, -0.15) is 0 Å². The third-order valence-electron chi connectivity index (χ3n) is 8.39. The van der Waals surface area contributed by atoms with Crippen LogP contribution in [0.2, 0.25) is 0 Å². The Balaban J connectivity index is 1.41. The smallest absolute Gasteiger partial charge is 0.268 e. The first-order valence-electron chi connectivity index (χ1n) is 15.5. The molecule has 0 bridgehead atoms. The Morgan fingerprint density at radius 3 is 1.89 bits per heavy atom. The second-order valence-corrected chi connectivity index (χ2v) is 14.4. The Morgan fingerprint density at radius 2 is 1.39 bits per heavy atom. The van der Waals surface area contributed by atoms with E-state index in [1.54, 1.807) is 0 Å². The Bertz CT molecular complexity index is 697. The van der Waals surface area contributed by atoms with Crippen LogP contribution in [0.4, 0.5) is 0 Å². The number of quaternary nitrogens is 1. The first-order valence-corrected chi connectivity index (χ1v) is 16.9. The highest BCUT2D eigenvalue weighted by Crippen LogP contribution is 2.42. The minimum Gasteiger partial charge on any atom is -0.783 e. The molecule has 38 heavy (non-hydrogen) atoms. The SMILES string of the molecule is CCCCC1(CCCCCCCCCCCCCOP(=O)([O-])OC2CC[N+](C)(C)CC2)OCC(C)(C)N1[O-]. The topological polar surface area (TPSA) is 94.1 Å². The molecule has 0 N–H and O–H groups in total. The molecule has 0 aromatic rings. The molecule has 2 saturated heterocycles. The van der Waals surface area contributed by atoms with Gasteiger partial charge in [-0.15, -0.1) is 0 Å². The fraction of sp³-hybridized carbons (Fsp3) is 1.00. The Labute approximate surface area is 233 Å². The molecule has 8 nitrogen and oxygen atoms in total. The zero-order valence-corrected chi connectivity index (χ0v) is 26.1. The highest BCUT2D eigenvalue weighted by Gasteiger charge is 2.45. The van der Waals surface area contributed by atoms with Gasteiger partial charge >= 0.3 is 0 Å². The van der Waals surface area contributed by atoms with Crippen molar-refractivity contribution in [2.24, 2.45) is 0 Å². The van der Waals surface area contributed by atoms with Crippen molar-refractivity contribution in [3.8, 4) is 0 Å². The lowest BCUT2D eigenvalue weighted by Gasteiger charge is -2.48. The summed E-state index contributed by atoms with van der Waals surface area (Å²) in [6.45, 7) is 8.75. The quantitative estimate of drug-likeness (QED) is 0.0906. The van der Waals surface area contributed by atoms with Crippen LogP contribution in [0.1, 0.15) is 130 Å². The lowest BCUT2D eigenvalue weighted by molar-refractivity contribution is -0.896. The maximum atomic E-state index is 12.9. The molecular formula is C29H58N2O6P-. The number of rotatable bonds is 20. The molecule has 0 aromatic heterocycles. The Hall–Kier alpha value is -0.0500. The van der Waals surface area contributed by atoms with Crippen molar-refractivity contribution >= 4 is 7.82 Å². The van der Waals surface area contributed by atoms with Crippen LogP contribution in [0.3, 0.4) is 0 Å². The van der Waals surface area contributed by atoms with E-state index in [2.05, 4.69) is 21.0 Å². The summed E-state index contributed by atoms with van der Waals surface area (Å²) in [4.78, 5) is 12.1. The van der Waals surface area contributed by atoms with E-state index < -0.39 is 19.1 Å². The number of unbranched alkanes of at least 4 members (excludes halogenated alkanes) is 11. The van der Waals surface area contributed by atoms with Gasteiger partial charge < -0.3 is 33.4 Å². The monoisotopic (exact) mass is 561 g/mol. The van der Waals surface area contributed by atoms with E-state index in [4.69, 9.17) is 13.8 Å². The maximum Gasteiger partial charge on any atom is 0.268 e. The Morgan fingerprint density at radius 1 is 0.895 bits per heavy atom. The number of nitrogens with zero attached hydrogens (tertiary/aromatic N) is 2. The van der Waals surface area contributed by atoms with E-state index in [0.29, 0.717) is 6.61 Å². The fourth-order valence-electron chi connectivity index (χ4n) is 5.74. The molecule has 2 heterocycles. The van der Waals surface area contributed by atoms with Crippen LogP contribution in [0.15, 0.2) is 0 Å². The standard InChI is InChI=1S/C29H59N2O6P/c1-6-7-21-29(30(32)28(2,3)26-35-29)22-17-15-13-11-9-8-10-12-14-16-18-25-36-38(33,34)37-27-19-23-31(4,5)24-20-27/h27H,6-26H2,1-5H3,(H,33,34)/p-1. The normalized spacial score (nSPS) is 25.6. The second kappa shape index (κ2) is 16.4. The van der Waals surface area contributed by atoms with Gasteiger partial charge in [-0.3, -0.25) is 4.57 Å². The number of hydroxylamine groups is 2. The average molecular weight is 562 g/mol. The molecule has 0 radical (unpaired) electrons. The number of phosphoric acid groups is 1. The van der Waals surface area contributed by atoms with E-state index in [0.717, 1.165) is 88.2 Å². The first kappa shape index (κ1) is 34.2. The van der Waals surface area contributed by atoms with Crippen LogP contribution >= 0.6 is 7.82 Å². The molecule has 226 valence electrons. The molecule has 2 aliphatic heterocycles. The fourth-order valence-corrected chi connectivity index (χ4v) is 6.73. The molecule has 2 aliphatic rings. The molecule has 2 fully saturated rings. The minimum absolute atomic E-state index is 0.224. The van der Waals surface area contributed by atoms with Crippen LogP contribution in [0.25, 0.3) is 0 Å². The number of phosphoric ester groups is 1. The van der Waals surface area contributed by atoms with Gasteiger partial charge in [-0.1, -0.05) is 71.1 Å². The summed E-state index contributed by atoms with van der Waals surface area (Å²) in [5.74, 6) is 0. The minimum atomic E-state index is -4.19. The highest BCUT2D eigenvalue weighted by molar-refractivity contribution is 7.45. The van der Waals surface area contributed by atoms with Crippen molar-refractivity contribution in [1.29, 1.82) is 0 Å². The zero-order valence-electron chi connectivity index (χ0n) is 25.2. The van der Waals surface area contributed by atoms with Crippen molar-refractivity contribution in [3.63, 3.8) is 0 Å². The number of ether oxygens (including phenoxy) is 1. The van der Waals surface area contributed by atoms with Crippen molar-refractivity contribution < 1.29 is 27.7 Å². The molecular weight excluding hydrogens is 503 g/mol. The molecule has 0 amide bonds.